The summed E-state index contributed by atoms with van der Waals surface area (Å²) in [4.78, 5) is 0. The summed E-state index contributed by atoms with van der Waals surface area (Å²) >= 11 is 0. The van der Waals surface area contributed by atoms with Crippen molar-refractivity contribution in [2.45, 2.75) is 52.0 Å². The Hall–Kier alpha value is -1.02. The van der Waals surface area contributed by atoms with Crippen molar-refractivity contribution in [1.29, 1.82) is 0 Å². The van der Waals surface area contributed by atoms with Crippen molar-refractivity contribution in [3.63, 3.8) is 0 Å². The molecule has 2 N–H and O–H groups in total. The van der Waals surface area contributed by atoms with Crippen LogP contribution in [0.4, 0.5) is 0 Å². The monoisotopic (exact) mass is 247 g/mol. The molecule has 0 radical (unpaired) electrons. The minimum absolute atomic E-state index is 0.556. The Kier molecular flexibility index (Phi) is 5.06. The van der Waals surface area contributed by atoms with E-state index in [1.54, 1.807) is 0 Å². The van der Waals surface area contributed by atoms with Gasteiger partial charge in [-0.2, -0.15) is 0 Å². The predicted molar refractivity (Wildman–Crippen MR) is 75.8 cm³/mol. The number of hydrogen-bond acceptors (Lipinski definition) is 2. The minimum Gasteiger partial charge on any atom is -0.493 e. The van der Waals surface area contributed by atoms with Crippen molar-refractivity contribution in [3.05, 3.63) is 29.3 Å². The Bertz CT molecular complexity index is 367. The van der Waals surface area contributed by atoms with Gasteiger partial charge < -0.3 is 10.5 Å². The maximum absolute atomic E-state index is 6.02. The summed E-state index contributed by atoms with van der Waals surface area (Å²) in [6.07, 6.45) is 8.18. The molecule has 1 saturated carbocycles. The molecule has 2 heteroatoms. The lowest BCUT2D eigenvalue weighted by Crippen LogP contribution is -2.13. The summed E-state index contributed by atoms with van der Waals surface area (Å²) in [5, 5.41) is 0. The van der Waals surface area contributed by atoms with E-state index in [4.69, 9.17) is 10.5 Å². The molecule has 0 amide bonds. The molecule has 0 bridgehead atoms. The lowest BCUT2D eigenvalue weighted by atomic mass is 10.0. The van der Waals surface area contributed by atoms with Gasteiger partial charge in [0.2, 0.25) is 0 Å². The van der Waals surface area contributed by atoms with E-state index in [0.717, 1.165) is 23.8 Å². The van der Waals surface area contributed by atoms with Gasteiger partial charge in [-0.15, -0.1) is 0 Å². The number of benzene rings is 1. The summed E-state index contributed by atoms with van der Waals surface area (Å²) in [6.45, 7) is 3.51. The first-order valence-electron chi connectivity index (χ1n) is 7.22. The second-order valence-corrected chi connectivity index (χ2v) is 5.48. The normalized spacial score (nSPS) is 17.4. The third-order valence-corrected chi connectivity index (χ3v) is 3.89. The molecule has 0 spiro atoms. The molecular formula is C16H25NO. The van der Waals surface area contributed by atoms with Gasteiger partial charge in [0, 0.05) is 12.1 Å². The van der Waals surface area contributed by atoms with Gasteiger partial charge >= 0.3 is 0 Å². The number of rotatable bonds is 4. The van der Waals surface area contributed by atoms with Crippen molar-refractivity contribution >= 4 is 0 Å². The molecule has 0 saturated heterocycles. The number of aryl methyl sites for hydroxylation is 1. The number of nitrogens with two attached hydrogens (primary N) is 1. The summed E-state index contributed by atoms with van der Waals surface area (Å²) < 4.78 is 6.02. The fraction of sp³-hybridized carbons (Fsp3) is 0.625. The smallest absolute Gasteiger partial charge is 0.124 e. The van der Waals surface area contributed by atoms with Crippen LogP contribution in [0.1, 0.15) is 49.7 Å². The first-order chi connectivity index (χ1) is 8.79. The Balaban J connectivity index is 1.94. The van der Waals surface area contributed by atoms with E-state index in [-0.39, 0.29) is 0 Å². The zero-order chi connectivity index (χ0) is 12.8. The lowest BCUT2D eigenvalue weighted by molar-refractivity contribution is 0.232. The highest BCUT2D eigenvalue weighted by molar-refractivity contribution is 5.36. The average Bonchev–Trinajstić information content (AvgIpc) is 2.65. The van der Waals surface area contributed by atoms with E-state index >= 15 is 0 Å². The second-order valence-electron chi connectivity index (χ2n) is 5.48. The Morgan fingerprint density at radius 1 is 1.17 bits per heavy atom. The highest BCUT2D eigenvalue weighted by Gasteiger charge is 2.13. The molecule has 18 heavy (non-hydrogen) atoms. The molecule has 0 heterocycles. The van der Waals surface area contributed by atoms with Gasteiger partial charge in [-0.25, -0.2) is 0 Å². The van der Waals surface area contributed by atoms with Crippen molar-refractivity contribution in [2.24, 2.45) is 11.7 Å². The molecule has 100 valence electrons. The highest BCUT2D eigenvalue weighted by atomic mass is 16.5. The molecule has 1 aromatic rings. The van der Waals surface area contributed by atoms with Gasteiger partial charge in [-0.1, -0.05) is 37.8 Å². The zero-order valence-corrected chi connectivity index (χ0v) is 11.5. The van der Waals surface area contributed by atoms with E-state index in [9.17, 15) is 0 Å². The molecule has 0 unspecified atom stereocenters. The fourth-order valence-corrected chi connectivity index (χ4v) is 2.70. The van der Waals surface area contributed by atoms with Crippen molar-refractivity contribution in [1.82, 2.24) is 0 Å². The molecule has 2 rings (SSSR count). The molecule has 0 aromatic heterocycles. The summed E-state index contributed by atoms with van der Waals surface area (Å²) in [5.74, 6) is 1.72. The summed E-state index contributed by atoms with van der Waals surface area (Å²) in [7, 11) is 0. The van der Waals surface area contributed by atoms with E-state index < -0.39 is 0 Å². The Morgan fingerprint density at radius 2 is 1.89 bits per heavy atom. The Morgan fingerprint density at radius 3 is 2.56 bits per heavy atom. The van der Waals surface area contributed by atoms with E-state index in [1.807, 2.05) is 0 Å². The van der Waals surface area contributed by atoms with Crippen LogP contribution >= 0.6 is 0 Å². The molecule has 1 fully saturated rings. The SMILES string of the molecule is Cc1ccc(CN)c(OCC2CCCCCC2)c1. The lowest BCUT2D eigenvalue weighted by Gasteiger charge is -2.17. The van der Waals surface area contributed by atoms with E-state index in [0.29, 0.717) is 6.54 Å². The fourth-order valence-electron chi connectivity index (χ4n) is 2.70. The second kappa shape index (κ2) is 6.79. The molecule has 1 aliphatic rings. The van der Waals surface area contributed by atoms with Crippen LogP contribution in [0.2, 0.25) is 0 Å². The summed E-state index contributed by atoms with van der Waals surface area (Å²) in [5.41, 5.74) is 8.11. The Labute approximate surface area is 111 Å². The topological polar surface area (TPSA) is 35.2 Å². The van der Waals surface area contributed by atoms with E-state index in [2.05, 4.69) is 25.1 Å². The third-order valence-electron chi connectivity index (χ3n) is 3.89. The molecule has 1 aliphatic carbocycles. The molecule has 1 aromatic carbocycles. The van der Waals surface area contributed by atoms with Crippen LogP contribution in [-0.2, 0) is 6.54 Å². The van der Waals surface area contributed by atoms with Gasteiger partial charge in [0.05, 0.1) is 6.61 Å². The molecular weight excluding hydrogens is 222 g/mol. The van der Waals surface area contributed by atoms with Crippen LogP contribution in [0.25, 0.3) is 0 Å². The van der Waals surface area contributed by atoms with Crippen molar-refractivity contribution in [3.8, 4) is 5.75 Å². The van der Waals surface area contributed by atoms with Crippen LogP contribution in [0.5, 0.6) is 5.75 Å². The van der Waals surface area contributed by atoms with Crippen LogP contribution in [0, 0.1) is 12.8 Å². The van der Waals surface area contributed by atoms with Crippen LogP contribution in [0.3, 0.4) is 0 Å². The van der Waals surface area contributed by atoms with Crippen LogP contribution in [-0.4, -0.2) is 6.61 Å². The quantitative estimate of drug-likeness (QED) is 0.821. The van der Waals surface area contributed by atoms with Gasteiger partial charge in [-0.3, -0.25) is 0 Å². The van der Waals surface area contributed by atoms with Crippen LogP contribution < -0.4 is 10.5 Å². The third kappa shape index (κ3) is 3.74. The van der Waals surface area contributed by atoms with Crippen molar-refractivity contribution < 1.29 is 4.74 Å². The van der Waals surface area contributed by atoms with Crippen molar-refractivity contribution in [2.75, 3.05) is 6.61 Å². The first-order valence-corrected chi connectivity index (χ1v) is 7.22. The van der Waals surface area contributed by atoms with Gasteiger partial charge in [0.25, 0.3) is 0 Å². The van der Waals surface area contributed by atoms with Gasteiger partial charge in [0.1, 0.15) is 5.75 Å². The number of hydrogen-bond donors (Lipinski definition) is 1. The zero-order valence-electron chi connectivity index (χ0n) is 11.5. The van der Waals surface area contributed by atoms with Gasteiger partial charge in [0.15, 0.2) is 0 Å². The predicted octanol–water partition coefficient (Wildman–Crippen LogP) is 3.80. The molecule has 0 aliphatic heterocycles. The first kappa shape index (κ1) is 13.4. The molecule has 2 nitrogen and oxygen atoms in total. The summed E-state index contributed by atoms with van der Waals surface area (Å²) in [6, 6.07) is 6.29. The minimum atomic E-state index is 0.556. The highest BCUT2D eigenvalue weighted by Crippen LogP contribution is 2.25. The van der Waals surface area contributed by atoms with Crippen LogP contribution in [0.15, 0.2) is 18.2 Å². The van der Waals surface area contributed by atoms with Gasteiger partial charge in [-0.05, 0) is 37.3 Å². The maximum atomic E-state index is 6.02. The standard InChI is InChI=1S/C16H25NO/c1-13-8-9-15(11-17)16(10-13)18-12-14-6-4-2-3-5-7-14/h8-10,14H,2-7,11-12,17H2,1H3. The largest absolute Gasteiger partial charge is 0.493 e. The average molecular weight is 247 g/mol. The maximum Gasteiger partial charge on any atom is 0.124 e. The van der Waals surface area contributed by atoms with E-state index in [1.165, 1.54) is 44.1 Å². The number of ether oxygens (including phenoxy) is 1. The molecule has 0 atom stereocenters.